The molecule has 3 rings (SSSR count). The van der Waals surface area contributed by atoms with E-state index in [2.05, 4.69) is 10.1 Å². The molecule has 2 aromatic heterocycles. The predicted molar refractivity (Wildman–Crippen MR) is 113 cm³/mol. The molecule has 1 unspecified atom stereocenters. The molecule has 6 nitrogen and oxygen atoms in total. The fourth-order valence-corrected chi connectivity index (χ4v) is 3.75. The van der Waals surface area contributed by atoms with E-state index >= 15 is 0 Å². The first-order valence-electron chi connectivity index (χ1n) is 10.5. The van der Waals surface area contributed by atoms with Gasteiger partial charge in [0.1, 0.15) is 11.6 Å². The molecule has 0 saturated carbocycles. The lowest BCUT2D eigenvalue weighted by Gasteiger charge is -2.28. The smallest absolute Gasteiger partial charge is 0.330 e. The van der Waals surface area contributed by atoms with Gasteiger partial charge in [0, 0.05) is 12.7 Å². The zero-order valence-electron chi connectivity index (χ0n) is 19.1. The summed E-state index contributed by atoms with van der Waals surface area (Å²) in [4.78, 5) is 16.4. The number of anilines is 1. The van der Waals surface area contributed by atoms with Gasteiger partial charge in [0.15, 0.2) is 5.69 Å². The van der Waals surface area contributed by atoms with Crippen LogP contribution in [0.2, 0.25) is 0 Å². The molecule has 0 saturated heterocycles. The summed E-state index contributed by atoms with van der Waals surface area (Å²) >= 11 is 0. The summed E-state index contributed by atoms with van der Waals surface area (Å²) in [7, 11) is 0. The highest BCUT2D eigenvalue weighted by Gasteiger charge is 2.45. The topological polar surface area (TPSA) is 56.0 Å². The molecule has 35 heavy (non-hydrogen) atoms. The number of benzene rings is 1. The van der Waals surface area contributed by atoms with Crippen molar-refractivity contribution in [2.24, 2.45) is 0 Å². The first-order chi connectivity index (χ1) is 16.1. The molecule has 0 N–H and O–H groups in total. The summed E-state index contributed by atoms with van der Waals surface area (Å²) in [5.41, 5.74) is -0.760. The number of carbonyl (C=O) groups is 1. The highest BCUT2D eigenvalue weighted by molar-refractivity contribution is 5.98. The fourth-order valence-electron chi connectivity index (χ4n) is 3.75. The van der Waals surface area contributed by atoms with Gasteiger partial charge in [-0.25, -0.2) is 14.1 Å². The molecule has 190 valence electrons. The molecule has 0 aliphatic rings. The van der Waals surface area contributed by atoms with Gasteiger partial charge >= 0.3 is 18.3 Å². The van der Waals surface area contributed by atoms with Crippen molar-refractivity contribution in [3.05, 3.63) is 59.7 Å². The average Bonchev–Trinajstić information content (AvgIpc) is 3.35. The zero-order chi connectivity index (χ0) is 26.3. The molecule has 0 fully saturated rings. The highest BCUT2D eigenvalue weighted by Crippen LogP contribution is 2.34. The van der Waals surface area contributed by atoms with E-state index in [1.54, 1.807) is 13.8 Å². The van der Waals surface area contributed by atoms with Crippen molar-refractivity contribution in [1.29, 1.82) is 0 Å². The Balaban J connectivity index is 2.08. The second-order valence-electron chi connectivity index (χ2n) is 8.30. The van der Waals surface area contributed by atoms with Crippen LogP contribution >= 0.6 is 0 Å². The molecule has 0 bridgehead atoms. The summed E-state index contributed by atoms with van der Waals surface area (Å²) in [6, 6.07) is 4.07. The van der Waals surface area contributed by atoms with Crippen molar-refractivity contribution in [2.75, 3.05) is 11.4 Å². The third-order valence-corrected chi connectivity index (χ3v) is 5.31. The molecule has 1 atom stereocenters. The summed E-state index contributed by atoms with van der Waals surface area (Å²) < 4.78 is 95.6. The van der Waals surface area contributed by atoms with E-state index < -0.39 is 48.3 Å². The van der Waals surface area contributed by atoms with Crippen molar-refractivity contribution < 1.29 is 35.5 Å². The molecular formula is C22H22F7N5O. The van der Waals surface area contributed by atoms with Crippen LogP contribution in [0.5, 0.6) is 0 Å². The third kappa shape index (κ3) is 5.49. The van der Waals surface area contributed by atoms with E-state index in [0.29, 0.717) is 16.8 Å². The van der Waals surface area contributed by atoms with Gasteiger partial charge in [0.2, 0.25) is 0 Å². The molecule has 0 aliphatic heterocycles. The first-order valence-corrected chi connectivity index (χ1v) is 10.5. The van der Waals surface area contributed by atoms with Crippen LogP contribution in [-0.4, -0.2) is 38.0 Å². The Morgan fingerprint density at radius 2 is 1.66 bits per heavy atom. The fraction of sp³-hybridized carbons (Fsp3) is 0.409. The Bertz CT molecular complexity index is 1190. The van der Waals surface area contributed by atoms with E-state index in [1.807, 2.05) is 0 Å². The van der Waals surface area contributed by atoms with Crippen molar-refractivity contribution in [1.82, 2.24) is 19.3 Å². The number of hydrogen-bond acceptors (Lipinski definition) is 3. The summed E-state index contributed by atoms with van der Waals surface area (Å²) in [6.45, 7) is 5.41. The first kappa shape index (κ1) is 26.2. The number of aromatic nitrogens is 4. The minimum atomic E-state index is -5.26. The predicted octanol–water partition coefficient (Wildman–Crippen LogP) is 5.82. The Hall–Kier alpha value is -3.38. The normalized spacial score (nSPS) is 13.4. The lowest BCUT2D eigenvalue weighted by Crippen LogP contribution is -2.44. The molecular weight excluding hydrogens is 483 g/mol. The van der Waals surface area contributed by atoms with Crippen LogP contribution in [0.3, 0.4) is 0 Å². The van der Waals surface area contributed by atoms with Crippen molar-refractivity contribution in [2.45, 2.75) is 52.0 Å². The monoisotopic (exact) mass is 505 g/mol. The van der Waals surface area contributed by atoms with Crippen molar-refractivity contribution in [3.63, 3.8) is 0 Å². The number of imidazole rings is 1. The van der Waals surface area contributed by atoms with Gasteiger partial charge in [0.25, 0.3) is 0 Å². The molecule has 13 heteroatoms. The van der Waals surface area contributed by atoms with E-state index in [0.717, 1.165) is 22.9 Å². The molecule has 1 aromatic carbocycles. The lowest BCUT2D eigenvalue weighted by atomic mass is 10.1. The Morgan fingerprint density at radius 3 is 2.14 bits per heavy atom. The van der Waals surface area contributed by atoms with Gasteiger partial charge in [0.05, 0.1) is 29.3 Å². The maximum Gasteiger partial charge on any atom is 0.471 e. The lowest BCUT2D eigenvalue weighted by molar-refractivity contribution is -0.170. The number of aryl methyl sites for hydroxylation is 1. The molecule has 0 aliphatic carbocycles. The van der Waals surface area contributed by atoms with Gasteiger partial charge in [-0.2, -0.15) is 31.4 Å². The van der Waals surface area contributed by atoms with Crippen LogP contribution < -0.4 is 4.90 Å². The minimum Gasteiger partial charge on any atom is -0.330 e. The SMILES string of the molecule is Cc1nc(C(F)(F)F)cn1C(C)CN(C(=O)C(F)(F)F)c1cnn(-c2ccc(F)cc2)c1C(C)C. The number of hydrogen-bond donors (Lipinski definition) is 0. The van der Waals surface area contributed by atoms with Crippen LogP contribution in [0.25, 0.3) is 5.69 Å². The van der Waals surface area contributed by atoms with Gasteiger partial charge in [-0.05, 0) is 44.0 Å². The molecule has 1 amide bonds. The third-order valence-electron chi connectivity index (χ3n) is 5.31. The summed E-state index contributed by atoms with van der Waals surface area (Å²) in [5.74, 6) is -3.22. The van der Waals surface area contributed by atoms with Crippen molar-refractivity contribution >= 4 is 11.6 Å². The van der Waals surface area contributed by atoms with Gasteiger partial charge in [-0.1, -0.05) is 13.8 Å². The number of alkyl halides is 6. The number of nitrogens with zero attached hydrogens (tertiary/aromatic N) is 5. The molecule has 0 radical (unpaired) electrons. The number of halogens is 7. The molecule has 2 heterocycles. The number of carbonyl (C=O) groups excluding carboxylic acids is 1. The highest BCUT2D eigenvalue weighted by atomic mass is 19.4. The standard InChI is InChI=1S/C22H22F7N5O/c1-12(2)19-17(9-30-34(19)16-7-5-15(23)6-8-16)33(20(35)22(27,28)29)10-13(3)32-11-18(21(24,25)26)31-14(32)4/h5-9,11-13H,10H2,1-4H3. The average molecular weight is 505 g/mol. The largest absolute Gasteiger partial charge is 0.471 e. The maximum absolute atomic E-state index is 13.6. The molecule has 3 aromatic rings. The van der Waals surface area contributed by atoms with Crippen LogP contribution in [0.1, 0.15) is 49.9 Å². The Morgan fingerprint density at radius 1 is 1.06 bits per heavy atom. The van der Waals surface area contributed by atoms with E-state index in [-0.39, 0.29) is 17.2 Å². The quantitative estimate of drug-likeness (QED) is 0.397. The summed E-state index contributed by atoms with van der Waals surface area (Å²) in [5, 5.41) is 4.12. The van der Waals surface area contributed by atoms with E-state index in [9.17, 15) is 35.5 Å². The van der Waals surface area contributed by atoms with Gasteiger partial charge < -0.3 is 4.57 Å². The number of amides is 1. The van der Waals surface area contributed by atoms with E-state index in [1.165, 1.54) is 30.7 Å². The Labute approximate surface area is 196 Å². The molecule has 0 spiro atoms. The second-order valence-corrected chi connectivity index (χ2v) is 8.30. The van der Waals surface area contributed by atoms with Crippen LogP contribution in [0.15, 0.2) is 36.7 Å². The van der Waals surface area contributed by atoms with Crippen LogP contribution in [-0.2, 0) is 11.0 Å². The minimum absolute atomic E-state index is 0.0738. The zero-order valence-corrected chi connectivity index (χ0v) is 19.1. The van der Waals surface area contributed by atoms with E-state index in [4.69, 9.17) is 0 Å². The van der Waals surface area contributed by atoms with Gasteiger partial charge in [-0.3, -0.25) is 9.69 Å². The van der Waals surface area contributed by atoms with Crippen molar-refractivity contribution in [3.8, 4) is 5.69 Å². The number of rotatable bonds is 6. The Kier molecular flexibility index (Phi) is 7.00. The summed E-state index contributed by atoms with van der Waals surface area (Å²) in [6.07, 6.45) is -8.22. The van der Waals surface area contributed by atoms with Crippen LogP contribution in [0.4, 0.5) is 36.4 Å². The second kappa shape index (κ2) is 9.34. The maximum atomic E-state index is 13.6. The van der Waals surface area contributed by atoms with Crippen LogP contribution in [0, 0.1) is 12.7 Å². The van der Waals surface area contributed by atoms with Gasteiger partial charge in [-0.15, -0.1) is 0 Å².